The fraction of sp³-hybridized carbons (Fsp3) is 0.407. The molecule has 4 nitrogen and oxygen atoms in total. The van der Waals surface area contributed by atoms with E-state index in [1.165, 1.54) is 31.2 Å². The standard InChI is InChI=1S/C27H29F3N4/c28-27(29,30)23-17-31-26(32-21-15-13-19(14-16-21)18-7-1-2-8-18)34-25(23)33-24-12-6-5-11-22(24)20-9-3-4-10-20/h5-6,11-18,20H,1-4,7-10H2,(H2,31,32,33,34). The summed E-state index contributed by atoms with van der Waals surface area (Å²) in [7, 11) is 0. The van der Waals surface area contributed by atoms with Gasteiger partial charge in [0, 0.05) is 17.6 Å². The normalized spacial score (nSPS) is 17.3. The highest BCUT2D eigenvalue weighted by molar-refractivity contribution is 5.66. The summed E-state index contributed by atoms with van der Waals surface area (Å²) in [6.07, 6.45) is 5.65. The quantitative estimate of drug-likeness (QED) is 0.384. The minimum atomic E-state index is -4.56. The first kappa shape index (κ1) is 22.7. The molecule has 0 radical (unpaired) electrons. The van der Waals surface area contributed by atoms with E-state index in [2.05, 4.69) is 32.7 Å². The lowest BCUT2D eigenvalue weighted by Crippen LogP contribution is -2.13. The molecule has 0 atom stereocenters. The number of aromatic nitrogens is 2. The van der Waals surface area contributed by atoms with Gasteiger partial charge >= 0.3 is 6.18 Å². The van der Waals surface area contributed by atoms with Crippen molar-refractivity contribution in [2.75, 3.05) is 10.6 Å². The number of rotatable bonds is 6. The van der Waals surface area contributed by atoms with E-state index in [1.54, 1.807) is 0 Å². The smallest absolute Gasteiger partial charge is 0.339 e. The van der Waals surface area contributed by atoms with Gasteiger partial charge in [-0.05, 0) is 66.8 Å². The van der Waals surface area contributed by atoms with Crippen molar-refractivity contribution in [1.29, 1.82) is 0 Å². The fourth-order valence-electron chi connectivity index (χ4n) is 5.30. The van der Waals surface area contributed by atoms with Crippen LogP contribution in [0.25, 0.3) is 0 Å². The molecular weight excluding hydrogens is 437 g/mol. The summed E-state index contributed by atoms with van der Waals surface area (Å²) in [4.78, 5) is 8.20. The van der Waals surface area contributed by atoms with Crippen LogP contribution in [0.5, 0.6) is 0 Å². The van der Waals surface area contributed by atoms with Gasteiger partial charge in [0.1, 0.15) is 11.4 Å². The van der Waals surface area contributed by atoms with Crippen LogP contribution in [-0.4, -0.2) is 9.97 Å². The van der Waals surface area contributed by atoms with Crippen LogP contribution in [0.2, 0.25) is 0 Å². The van der Waals surface area contributed by atoms with Crippen molar-refractivity contribution in [1.82, 2.24) is 9.97 Å². The number of hydrogen-bond acceptors (Lipinski definition) is 4. The predicted molar refractivity (Wildman–Crippen MR) is 129 cm³/mol. The van der Waals surface area contributed by atoms with Crippen molar-refractivity contribution >= 4 is 23.1 Å². The Kier molecular flexibility index (Phi) is 6.44. The molecule has 34 heavy (non-hydrogen) atoms. The summed E-state index contributed by atoms with van der Waals surface area (Å²) in [6.45, 7) is 0. The maximum atomic E-state index is 13.8. The van der Waals surface area contributed by atoms with Crippen LogP contribution < -0.4 is 10.6 Å². The lowest BCUT2D eigenvalue weighted by molar-refractivity contribution is -0.137. The summed E-state index contributed by atoms with van der Waals surface area (Å²) in [6, 6.07) is 15.6. The molecule has 0 amide bonds. The zero-order valence-corrected chi connectivity index (χ0v) is 19.0. The number of hydrogen-bond donors (Lipinski definition) is 2. The molecule has 0 bridgehead atoms. The fourth-order valence-corrected chi connectivity index (χ4v) is 5.30. The van der Waals surface area contributed by atoms with Crippen molar-refractivity contribution in [3.8, 4) is 0 Å². The van der Waals surface area contributed by atoms with Crippen molar-refractivity contribution in [3.05, 3.63) is 71.4 Å². The first-order valence-electron chi connectivity index (χ1n) is 12.1. The second kappa shape index (κ2) is 9.65. The number of benzene rings is 2. The third-order valence-corrected chi connectivity index (χ3v) is 7.10. The molecule has 3 aromatic rings. The number of anilines is 4. The Bertz CT molecular complexity index is 1120. The van der Waals surface area contributed by atoms with Crippen LogP contribution >= 0.6 is 0 Å². The molecule has 0 unspecified atom stereocenters. The maximum absolute atomic E-state index is 13.8. The van der Waals surface area contributed by atoms with Gasteiger partial charge in [-0.25, -0.2) is 4.98 Å². The highest BCUT2D eigenvalue weighted by Crippen LogP contribution is 2.41. The third-order valence-electron chi connectivity index (χ3n) is 7.10. The van der Waals surface area contributed by atoms with E-state index in [1.807, 2.05) is 36.4 Å². The van der Waals surface area contributed by atoms with Crippen LogP contribution in [0.3, 0.4) is 0 Å². The van der Waals surface area contributed by atoms with Crippen LogP contribution in [0.1, 0.15) is 79.9 Å². The average molecular weight is 467 g/mol. The van der Waals surface area contributed by atoms with E-state index in [-0.39, 0.29) is 11.8 Å². The van der Waals surface area contributed by atoms with E-state index < -0.39 is 11.7 Å². The minimum absolute atomic E-state index is 0.127. The molecule has 178 valence electrons. The van der Waals surface area contributed by atoms with Crippen LogP contribution in [0, 0.1) is 0 Å². The molecule has 0 aliphatic heterocycles. The summed E-state index contributed by atoms with van der Waals surface area (Å²) in [5.41, 5.74) is 2.89. The van der Waals surface area contributed by atoms with Gasteiger partial charge in [-0.1, -0.05) is 56.0 Å². The second-order valence-electron chi connectivity index (χ2n) is 9.38. The van der Waals surface area contributed by atoms with E-state index in [0.29, 0.717) is 17.5 Å². The molecule has 2 fully saturated rings. The highest BCUT2D eigenvalue weighted by atomic mass is 19.4. The minimum Gasteiger partial charge on any atom is -0.339 e. The molecular formula is C27H29F3N4. The SMILES string of the molecule is FC(F)(F)c1cnc(Nc2ccc(C3CCCC3)cc2)nc1Nc1ccccc1C1CCCC1. The van der Waals surface area contributed by atoms with E-state index in [4.69, 9.17) is 0 Å². The molecule has 2 aromatic carbocycles. The van der Waals surface area contributed by atoms with Crippen molar-refractivity contribution in [3.63, 3.8) is 0 Å². The zero-order valence-electron chi connectivity index (χ0n) is 19.0. The molecule has 1 aromatic heterocycles. The zero-order chi connectivity index (χ0) is 23.5. The summed E-state index contributed by atoms with van der Waals surface area (Å²) in [5, 5.41) is 6.05. The van der Waals surface area contributed by atoms with Gasteiger partial charge in [0.05, 0.1) is 0 Å². The number of alkyl halides is 3. The number of nitrogens with zero attached hydrogens (tertiary/aromatic N) is 2. The predicted octanol–water partition coefficient (Wildman–Crippen LogP) is 8.30. The first-order chi connectivity index (χ1) is 16.5. The first-order valence-corrected chi connectivity index (χ1v) is 12.1. The van der Waals surface area contributed by atoms with E-state index in [9.17, 15) is 13.2 Å². The van der Waals surface area contributed by atoms with Crippen LogP contribution in [-0.2, 0) is 6.18 Å². The molecule has 7 heteroatoms. The third kappa shape index (κ3) is 5.03. The molecule has 0 spiro atoms. The van der Waals surface area contributed by atoms with Gasteiger partial charge in [0.15, 0.2) is 0 Å². The Labute approximate surface area is 198 Å². The second-order valence-corrected chi connectivity index (χ2v) is 9.38. The summed E-state index contributed by atoms with van der Waals surface area (Å²) < 4.78 is 41.3. The Hall–Kier alpha value is -3.09. The molecule has 2 aliphatic carbocycles. The largest absolute Gasteiger partial charge is 0.421 e. The Morgan fingerprint density at radius 2 is 1.41 bits per heavy atom. The molecule has 5 rings (SSSR count). The maximum Gasteiger partial charge on any atom is 0.421 e. The summed E-state index contributed by atoms with van der Waals surface area (Å²) >= 11 is 0. The molecule has 2 aliphatic rings. The lowest BCUT2D eigenvalue weighted by Gasteiger charge is -2.19. The Morgan fingerprint density at radius 3 is 2.09 bits per heavy atom. The summed E-state index contributed by atoms with van der Waals surface area (Å²) in [5.74, 6) is 0.850. The average Bonchev–Trinajstić information content (AvgIpc) is 3.54. The van der Waals surface area contributed by atoms with Gasteiger partial charge in [0.25, 0.3) is 0 Å². The molecule has 0 saturated heterocycles. The van der Waals surface area contributed by atoms with Gasteiger partial charge in [-0.15, -0.1) is 0 Å². The van der Waals surface area contributed by atoms with Gasteiger partial charge < -0.3 is 10.6 Å². The van der Waals surface area contributed by atoms with Gasteiger partial charge in [-0.3, -0.25) is 0 Å². The number of nitrogens with one attached hydrogen (secondary N) is 2. The van der Waals surface area contributed by atoms with Crippen LogP contribution in [0.4, 0.5) is 36.3 Å². The molecule has 2 N–H and O–H groups in total. The Balaban J connectivity index is 1.41. The molecule has 2 saturated carbocycles. The van der Waals surface area contributed by atoms with Gasteiger partial charge in [0.2, 0.25) is 5.95 Å². The van der Waals surface area contributed by atoms with Crippen molar-refractivity contribution in [2.24, 2.45) is 0 Å². The monoisotopic (exact) mass is 466 g/mol. The molecule has 1 heterocycles. The van der Waals surface area contributed by atoms with Gasteiger partial charge in [-0.2, -0.15) is 18.2 Å². The lowest BCUT2D eigenvalue weighted by atomic mass is 9.96. The number of para-hydroxylation sites is 1. The Morgan fingerprint density at radius 1 is 0.765 bits per heavy atom. The topological polar surface area (TPSA) is 49.8 Å². The van der Waals surface area contributed by atoms with Crippen LogP contribution in [0.15, 0.2) is 54.7 Å². The highest BCUT2D eigenvalue weighted by Gasteiger charge is 2.35. The van der Waals surface area contributed by atoms with E-state index >= 15 is 0 Å². The number of halogens is 3. The van der Waals surface area contributed by atoms with E-state index in [0.717, 1.165) is 43.1 Å². The van der Waals surface area contributed by atoms with Crippen molar-refractivity contribution < 1.29 is 13.2 Å². The van der Waals surface area contributed by atoms with Crippen molar-refractivity contribution in [2.45, 2.75) is 69.4 Å².